The molecule has 9 nitrogen and oxygen atoms in total. The van der Waals surface area contributed by atoms with Gasteiger partial charge in [-0.05, 0) is 23.8 Å². The predicted molar refractivity (Wildman–Crippen MR) is 104 cm³/mol. The van der Waals surface area contributed by atoms with Gasteiger partial charge in [0.1, 0.15) is 4.90 Å². The molecule has 0 radical (unpaired) electrons. The molecule has 164 valence electrons. The molecule has 0 spiro atoms. The number of benzene rings is 1. The molecule has 3 heterocycles. The molecule has 31 heavy (non-hydrogen) atoms. The molecule has 12 heteroatoms. The quantitative estimate of drug-likeness (QED) is 0.700. The number of rotatable bonds is 4. The topological polar surface area (TPSA) is 106 Å². The van der Waals surface area contributed by atoms with E-state index in [0.29, 0.717) is 5.56 Å². The van der Waals surface area contributed by atoms with Gasteiger partial charge in [-0.3, -0.25) is 14.5 Å². The lowest BCUT2D eigenvalue weighted by Gasteiger charge is -2.21. The Bertz CT molecular complexity index is 1230. The van der Waals surface area contributed by atoms with Gasteiger partial charge < -0.3 is 14.4 Å². The van der Waals surface area contributed by atoms with Crippen molar-refractivity contribution in [2.75, 3.05) is 22.6 Å². The molecule has 0 N–H and O–H groups in total. The van der Waals surface area contributed by atoms with Gasteiger partial charge in [0.25, 0.3) is 5.91 Å². The molecule has 0 saturated heterocycles. The number of fused-ring (bicyclic) bond motifs is 2. The van der Waals surface area contributed by atoms with E-state index < -0.39 is 22.0 Å². The fourth-order valence-corrected chi connectivity index (χ4v) is 4.36. The summed E-state index contributed by atoms with van der Waals surface area (Å²) in [5.41, 5.74) is 0.679. The number of aromatic nitrogens is 1. The molecule has 2 aromatic rings. The molecule has 1 aromatic carbocycles. The molecule has 2 amide bonds. The van der Waals surface area contributed by atoms with Crippen molar-refractivity contribution < 1.29 is 36.3 Å². The summed E-state index contributed by atoms with van der Waals surface area (Å²) < 4.78 is 60.9. The van der Waals surface area contributed by atoms with Crippen LogP contribution in [0.5, 0.6) is 11.5 Å². The lowest BCUT2D eigenvalue weighted by molar-refractivity contribution is -0.286. The molecule has 0 unspecified atom stereocenters. The lowest BCUT2D eigenvalue weighted by atomic mass is 10.1. The number of amides is 2. The van der Waals surface area contributed by atoms with E-state index in [1.165, 1.54) is 44.1 Å². The zero-order chi connectivity index (χ0) is 22.7. The minimum absolute atomic E-state index is 0.0756. The fraction of sp³-hybridized carbons (Fsp3) is 0.316. The Labute approximate surface area is 176 Å². The van der Waals surface area contributed by atoms with E-state index >= 15 is 0 Å². The Morgan fingerprint density at radius 2 is 1.90 bits per heavy atom. The van der Waals surface area contributed by atoms with E-state index in [-0.39, 0.29) is 51.7 Å². The predicted octanol–water partition coefficient (Wildman–Crippen LogP) is 2.34. The van der Waals surface area contributed by atoms with Gasteiger partial charge in [0.15, 0.2) is 27.2 Å². The Morgan fingerprint density at radius 3 is 2.52 bits per heavy atom. The summed E-state index contributed by atoms with van der Waals surface area (Å²) >= 11 is 0. The summed E-state index contributed by atoms with van der Waals surface area (Å²) in [6.07, 6.45) is -2.53. The summed E-state index contributed by atoms with van der Waals surface area (Å²) in [4.78, 5) is 31.0. The van der Waals surface area contributed by atoms with Crippen LogP contribution in [0.3, 0.4) is 0 Å². The normalized spacial score (nSPS) is 16.4. The van der Waals surface area contributed by atoms with Gasteiger partial charge in [-0.25, -0.2) is 13.4 Å². The van der Waals surface area contributed by atoms with E-state index in [9.17, 15) is 26.8 Å². The first-order chi connectivity index (χ1) is 14.4. The van der Waals surface area contributed by atoms with E-state index in [1.54, 1.807) is 0 Å². The van der Waals surface area contributed by atoms with E-state index in [1.807, 2.05) is 0 Å². The number of carbonyl (C=O) groups excluding carboxylic acids is 2. The molecule has 2 aliphatic rings. The van der Waals surface area contributed by atoms with Crippen LogP contribution in [0.15, 0.2) is 29.3 Å². The molecule has 1 aromatic heterocycles. The number of alkyl halides is 2. The SMILES string of the molecule is CCS(=O)(=O)c1cc(N(C)C(C)=O)cnc1N1Cc2cc3c(cc2C1=O)OC(F)(F)O3. The lowest BCUT2D eigenvalue weighted by Crippen LogP contribution is -2.28. The number of carbonyl (C=O) groups is 2. The average molecular weight is 453 g/mol. The number of ether oxygens (including phenoxy) is 2. The molecular weight excluding hydrogens is 436 g/mol. The van der Waals surface area contributed by atoms with Gasteiger partial charge >= 0.3 is 6.29 Å². The fourth-order valence-electron chi connectivity index (χ4n) is 3.31. The summed E-state index contributed by atoms with van der Waals surface area (Å²) in [6.45, 7) is 2.66. The molecule has 2 aliphatic heterocycles. The zero-order valence-corrected chi connectivity index (χ0v) is 17.5. The monoisotopic (exact) mass is 453 g/mol. The van der Waals surface area contributed by atoms with E-state index in [4.69, 9.17) is 0 Å². The molecule has 0 fully saturated rings. The second-order valence-corrected chi connectivity index (χ2v) is 9.26. The Balaban J connectivity index is 1.78. The van der Waals surface area contributed by atoms with Crippen LogP contribution in [-0.2, 0) is 21.2 Å². The summed E-state index contributed by atoms with van der Waals surface area (Å²) in [5.74, 6) is -1.82. The Kier molecular flexibility index (Phi) is 4.65. The van der Waals surface area contributed by atoms with Crippen molar-refractivity contribution in [1.82, 2.24) is 4.98 Å². The van der Waals surface area contributed by atoms with Crippen molar-refractivity contribution in [2.45, 2.75) is 31.6 Å². The van der Waals surface area contributed by atoms with E-state index in [2.05, 4.69) is 14.5 Å². The third kappa shape index (κ3) is 3.46. The molecule has 4 rings (SSSR count). The van der Waals surface area contributed by atoms with Gasteiger partial charge in [-0.15, -0.1) is 8.78 Å². The summed E-state index contributed by atoms with van der Waals surface area (Å²) in [7, 11) is -2.36. The van der Waals surface area contributed by atoms with Gasteiger partial charge in [0, 0.05) is 19.5 Å². The van der Waals surface area contributed by atoms with Crippen molar-refractivity contribution in [3.8, 4) is 11.5 Å². The number of nitrogens with zero attached hydrogens (tertiary/aromatic N) is 3. The van der Waals surface area contributed by atoms with Crippen molar-refractivity contribution in [2.24, 2.45) is 0 Å². The first-order valence-corrected chi connectivity index (χ1v) is 10.8. The minimum Gasteiger partial charge on any atom is -0.395 e. The van der Waals surface area contributed by atoms with Gasteiger partial charge in [0.05, 0.1) is 24.2 Å². The van der Waals surface area contributed by atoms with Crippen LogP contribution in [-0.4, -0.2) is 44.3 Å². The number of hydrogen-bond acceptors (Lipinski definition) is 7. The standard InChI is InChI=1S/C19H17F2N3O6S/c1-4-31(27,28)16-6-12(23(3)10(2)25)8-22-17(16)24-9-11-5-14-15(7-13(11)18(24)26)30-19(20,21)29-14/h5-8H,4,9H2,1-3H3. The number of sulfone groups is 1. The number of anilines is 2. The number of hydrogen-bond donors (Lipinski definition) is 0. The third-order valence-corrected chi connectivity index (χ3v) is 6.81. The second-order valence-electron chi connectivity index (χ2n) is 7.01. The average Bonchev–Trinajstić information content (AvgIpc) is 3.18. The van der Waals surface area contributed by atoms with Crippen LogP contribution in [0.4, 0.5) is 20.3 Å². The molecule has 0 bridgehead atoms. The van der Waals surface area contributed by atoms with Crippen molar-refractivity contribution >= 4 is 33.2 Å². The highest BCUT2D eigenvalue weighted by Crippen LogP contribution is 2.45. The largest absolute Gasteiger partial charge is 0.586 e. The highest BCUT2D eigenvalue weighted by atomic mass is 32.2. The first-order valence-electron chi connectivity index (χ1n) is 9.15. The Hall–Kier alpha value is -3.28. The van der Waals surface area contributed by atoms with Gasteiger partial charge in [0.2, 0.25) is 5.91 Å². The maximum absolute atomic E-state index is 13.3. The molecule has 0 aliphatic carbocycles. The highest BCUT2D eigenvalue weighted by Gasteiger charge is 2.45. The van der Waals surface area contributed by atoms with Crippen LogP contribution in [0, 0.1) is 0 Å². The molecular formula is C19H17F2N3O6S. The maximum atomic E-state index is 13.3. The molecule has 0 atom stereocenters. The summed E-state index contributed by atoms with van der Waals surface area (Å²) in [5, 5.41) is 0. The highest BCUT2D eigenvalue weighted by molar-refractivity contribution is 7.91. The van der Waals surface area contributed by atoms with Crippen LogP contribution in [0.2, 0.25) is 0 Å². The van der Waals surface area contributed by atoms with Crippen LogP contribution >= 0.6 is 0 Å². The van der Waals surface area contributed by atoms with Crippen molar-refractivity contribution in [1.29, 1.82) is 0 Å². The molecule has 0 saturated carbocycles. The zero-order valence-electron chi connectivity index (χ0n) is 16.7. The number of pyridine rings is 1. The van der Waals surface area contributed by atoms with Crippen molar-refractivity contribution in [3.05, 3.63) is 35.5 Å². The van der Waals surface area contributed by atoms with Crippen LogP contribution < -0.4 is 19.3 Å². The second kappa shape index (κ2) is 6.87. The van der Waals surface area contributed by atoms with Gasteiger partial charge in [-0.2, -0.15) is 0 Å². The number of halogens is 2. The van der Waals surface area contributed by atoms with Crippen LogP contribution in [0.25, 0.3) is 0 Å². The Morgan fingerprint density at radius 1 is 1.26 bits per heavy atom. The maximum Gasteiger partial charge on any atom is 0.586 e. The van der Waals surface area contributed by atoms with Gasteiger partial charge in [-0.1, -0.05) is 6.92 Å². The van der Waals surface area contributed by atoms with Crippen molar-refractivity contribution in [3.63, 3.8) is 0 Å². The first kappa shape index (κ1) is 21.0. The van der Waals surface area contributed by atoms with Crippen LogP contribution in [0.1, 0.15) is 29.8 Å². The minimum atomic E-state index is -3.83. The van der Waals surface area contributed by atoms with E-state index in [0.717, 1.165) is 11.0 Å². The summed E-state index contributed by atoms with van der Waals surface area (Å²) in [6, 6.07) is 3.68. The smallest absolute Gasteiger partial charge is 0.395 e. The third-order valence-electron chi connectivity index (χ3n) is 5.08.